The van der Waals surface area contributed by atoms with Crippen molar-refractivity contribution in [2.75, 3.05) is 31.3 Å². The number of sulfonamides is 1. The molecule has 7 heteroatoms. The largest absolute Gasteiger partial charge is 0.494 e. The van der Waals surface area contributed by atoms with Crippen molar-refractivity contribution in [3.8, 4) is 5.75 Å². The number of rotatable bonds is 10. The lowest BCUT2D eigenvalue weighted by Gasteiger charge is -2.19. The molecule has 0 bridgehead atoms. The van der Waals surface area contributed by atoms with Gasteiger partial charge in [0.2, 0.25) is 15.9 Å². The molecule has 0 spiro atoms. The van der Waals surface area contributed by atoms with Gasteiger partial charge in [0, 0.05) is 25.2 Å². The van der Waals surface area contributed by atoms with Gasteiger partial charge in [0.25, 0.3) is 0 Å². The van der Waals surface area contributed by atoms with E-state index in [-0.39, 0.29) is 18.9 Å². The molecule has 1 aromatic rings. The molecule has 0 aromatic heterocycles. The van der Waals surface area contributed by atoms with Crippen LogP contribution in [-0.2, 0) is 14.8 Å². The summed E-state index contributed by atoms with van der Waals surface area (Å²) in [4.78, 5) is 12.0. The Morgan fingerprint density at radius 3 is 2.35 bits per heavy atom. The van der Waals surface area contributed by atoms with Crippen LogP contribution in [0.25, 0.3) is 0 Å². The maximum atomic E-state index is 12.0. The van der Waals surface area contributed by atoms with Gasteiger partial charge in [0.05, 0.1) is 12.9 Å². The lowest BCUT2D eigenvalue weighted by Crippen LogP contribution is -2.33. The Morgan fingerprint density at radius 2 is 1.83 bits per heavy atom. The first-order chi connectivity index (χ1) is 10.9. The summed E-state index contributed by atoms with van der Waals surface area (Å²) in [5.74, 6) is 0.535. The summed E-state index contributed by atoms with van der Waals surface area (Å²) in [6, 6.07) is 7.08. The second-order valence-electron chi connectivity index (χ2n) is 5.27. The Hall–Kier alpha value is -1.60. The highest BCUT2D eigenvalue weighted by atomic mass is 32.2. The third kappa shape index (κ3) is 7.47. The average molecular weight is 342 g/mol. The van der Waals surface area contributed by atoms with Gasteiger partial charge in [-0.2, -0.15) is 0 Å². The molecule has 0 heterocycles. The van der Waals surface area contributed by atoms with Crippen molar-refractivity contribution in [2.45, 2.75) is 33.1 Å². The normalized spacial score (nSPS) is 11.5. The predicted octanol–water partition coefficient (Wildman–Crippen LogP) is 2.48. The quantitative estimate of drug-likeness (QED) is 0.709. The first kappa shape index (κ1) is 19.4. The van der Waals surface area contributed by atoms with E-state index in [0.717, 1.165) is 18.6 Å². The topological polar surface area (TPSA) is 75.7 Å². The zero-order valence-corrected chi connectivity index (χ0v) is 14.9. The number of ether oxygens (including phenoxy) is 1. The monoisotopic (exact) mass is 342 g/mol. The van der Waals surface area contributed by atoms with E-state index in [1.54, 1.807) is 24.3 Å². The fourth-order valence-electron chi connectivity index (χ4n) is 2.03. The molecule has 0 radical (unpaired) electrons. The van der Waals surface area contributed by atoms with E-state index in [2.05, 4.69) is 5.32 Å². The van der Waals surface area contributed by atoms with Gasteiger partial charge in [-0.1, -0.05) is 13.3 Å². The SMILES string of the molecule is CCCCN(CCC(=O)Nc1ccc(OCC)cc1)S(C)(=O)=O. The molecule has 1 N–H and O–H groups in total. The van der Waals surface area contributed by atoms with Crippen molar-refractivity contribution in [1.82, 2.24) is 4.31 Å². The number of anilines is 1. The van der Waals surface area contributed by atoms with E-state index in [4.69, 9.17) is 4.74 Å². The summed E-state index contributed by atoms with van der Waals surface area (Å²) in [6.07, 6.45) is 3.00. The lowest BCUT2D eigenvalue weighted by atomic mass is 10.3. The minimum absolute atomic E-state index is 0.129. The van der Waals surface area contributed by atoms with Gasteiger partial charge in [0.15, 0.2) is 0 Å². The van der Waals surface area contributed by atoms with Gasteiger partial charge in [0.1, 0.15) is 5.75 Å². The Labute approximate surface area is 138 Å². The van der Waals surface area contributed by atoms with Crippen LogP contribution < -0.4 is 10.1 Å². The second-order valence-corrected chi connectivity index (χ2v) is 7.25. The molecular weight excluding hydrogens is 316 g/mol. The molecule has 1 aromatic carbocycles. The maximum absolute atomic E-state index is 12.0. The zero-order valence-electron chi connectivity index (χ0n) is 14.0. The van der Waals surface area contributed by atoms with Crippen molar-refractivity contribution < 1.29 is 17.9 Å². The van der Waals surface area contributed by atoms with Crippen LogP contribution in [0.1, 0.15) is 33.1 Å². The molecule has 0 unspecified atom stereocenters. The number of hydrogen-bond donors (Lipinski definition) is 1. The summed E-state index contributed by atoms with van der Waals surface area (Å²) in [5.41, 5.74) is 0.665. The van der Waals surface area contributed by atoms with Crippen LogP contribution in [0.4, 0.5) is 5.69 Å². The number of nitrogens with zero attached hydrogens (tertiary/aromatic N) is 1. The Bertz CT molecular complexity index is 585. The van der Waals surface area contributed by atoms with Crippen LogP contribution in [0.3, 0.4) is 0 Å². The highest BCUT2D eigenvalue weighted by molar-refractivity contribution is 7.88. The molecule has 1 rings (SSSR count). The molecule has 6 nitrogen and oxygen atoms in total. The third-order valence-electron chi connectivity index (χ3n) is 3.27. The standard InChI is InChI=1S/C16H26N2O4S/c1-4-6-12-18(23(3,20)21)13-11-16(19)17-14-7-9-15(10-8-14)22-5-2/h7-10H,4-6,11-13H2,1-3H3,(H,17,19). The molecule has 0 aliphatic rings. The van der Waals surface area contributed by atoms with Crippen molar-refractivity contribution in [2.24, 2.45) is 0 Å². The molecule has 0 aliphatic carbocycles. The maximum Gasteiger partial charge on any atom is 0.225 e. The van der Waals surface area contributed by atoms with E-state index >= 15 is 0 Å². The predicted molar refractivity (Wildman–Crippen MR) is 92.2 cm³/mol. The Balaban J connectivity index is 2.51. The minimum Gasteiger partial charge on any atom is -0.494 e. The summed E-state index contributed by atoms with van der Waals surface area (Å²) < 4.78 is 30.1. The lowest BCUT2D eigenvalue weighted by molar-refractivity contribution is -0.116. The molecule has 23 heavy (non-hydrogen) atoms. The van der Waals surface area contributed by atoms with Gasteiger partial charge >= 0.3 is 0 Å². The van der Waals surface area contributed by atoms with Crippen LogP contribution in [0.15, 0.2) is 24.3 Å². The molecule has 0 atom stereocenters. The average Bonchev–Trinajstić information content (AvgIpc) is 2.48. The number of carbonyl (C=O) groups excluding carboxylic acids is 1. The smallest absolute Gasteiger partial charge is 0.225 e. The molecule has 0 fully saturated rings. The second kappa shape index (κ2) is 9.52. The minimum atomic E-state index is -3.28. The van der Waals surface area contributed by atoms with Crippen molar-refractivity contribution in [1.29, 1.82) is 0 Å². The first-order valence-corrected chi connectivity index (χ1v) is 9.69. The molecule has 0 aliphatic heterocycles. The van der Waals surface area contributed by atoms with Gasteiger partial charge < -0.3 is 10.1 Å². The number of benzene rings is 1. The van der Waals surface area contributed by atoms with Gasteiger partial charge in [-0.3, -0.25) is 4.79 Å². The Morgan fingerprint density at radius 1 is 1.17 bits per heavy atom. The zero-order chi connectivity index (χ0) is 17.3. The van der Waals surface area contributed by atoms with Crippen LogP contribution >= 0.6 is 0 Å². The van der Waals surface area contributed by atoms with Gasteiger partial charge in [-0.25, -0.2) is 12.7 Å². The summed E-state index contributed by atoms with van der Waals surface area (Å²) >= 11 is 0. The number of hydrogen-bond acceptors (Lipinski definition) is 4. The number of amides is 1. The van der Waals surface area contributed by atoms with Crippen LogP contribution in [0, 0.1) is 0 Å². The van der Waals surface area contributed by atoms with E-state index in [1.165, 1.54) is 10.6 Å². The van der Waals surface area contributed by atoms with Crippen molar-refractivity contribution in [3.63, 3.8) is 0 Å². The van der Waals surface area contributed by atoms with Gasteiger partial charge in [-0.05, 0) is 37.6 Å². The highest BCUT2D eigenvalue weighted by Gasteiger charge is 2.17. The fourth-order valence-corrected chi connectivity index (χ4v) is 2.91. The molecule has 0 saturated carbocycles. The number of nitrogens with one attached hydrogen (secondary N) is 1. The first-order valence-electron chi connectivity index (χ1n) is 7.84. The highest BCUT2D eigenvalue weighted by Crippen LogP contribution is 2.15. The summed E-state index contributed by atoms with van der Waals surface area (Å²) in [6.45, 7) is 5.14. The van der Waals surface area contributed by atoms with Crippen molar-refractivity contribution >= 4 is 21.6 Å². The number of carbonyl (C=O) groups is 1. The summed E-state index contributed by atoms with van der Waals surface area (Å²) in [5, 5.41) is 2.76. The van der Waals surface area contributed by atoms with E-state index in [9.17, 15) is 13.2 Å². The van der Waals surface area contributed by atoms with E-state index in [1.807, 2.05) is 13.8 Å². The van der Waals surface area contributed by atoms with Crippen LogP contribution in [0.5, 0.6) is 5.75 Å². The fraction of sp³-hybridized carbons (Fsp3) is 0.562. The molecule has 130 valence electrons. The van der Waals surface area contributed by atoms with Gasteiger partial charge in [-0.15, -0.1) is 0 Å². The van der Waals surface area contributed by atoms with E-state index in [0.29, 0.717) is 18.8 Å². The third-order valence-corrected chi connectivity index (χ3v) is 4.57. The summed E-state index contributed by atoms with van der Waals surface area (Å²) in [7, 11) is -3.28. The Kier molecular flexibility index (Phi) is 8.05. The molecule has 1 amide bonds. The van der Waals surface area contributed by atoms with Crippen LogP contribution in [0.2, 0.25) is 0 Å². The number of unbranched alkanes of at least 4 members (excludes halogenated alkanes) is 1. The molecular formula is C16H26N2O4S. The van der Waals surface area contributed by atoms with E-state index < -0.39 is 10.0 Å². The molecule has 0 saturated heterocycles. The van der Waals surface area contributed by atoms with Crippen LogP contribution in [-0.4, -0.2) is 44.6 Å². The van der Waals surface area contributed by atoms with Crippen molar-refractivity contribution in [3.05, 3.63) is 24.3 Å².